The van der Waals surface area contributed by atoms with Gasteiger partial charge in [-0.1, -0.05) is 60.1 Å². The van der Waals surface area contributed by atoms with Crippen molar-refractivity contribution in [2.45, 2.75) is 11.3 Å². The number of nitrogens with one attached hydrogen (secondary N) is 2. The number of halogens is 1. The predicted molar refractivity (Wildman–Crippen MR) is 111 cm³/mol. The summed E-state index contributed by atoms with van der Waals surface area (Å²) in [6.07, 6.45) is 0.684. The average Bonchev–Trinajstić information content (AvgIpc) is 2.69. The van der Waals surface area contributed by atoms with Crippen LogP contribution in [0.5, 0.6) is 0 Å². The van der Waals surface area contributed by atoms with Crippen LogP contribution >= 0.6 is 11.6 Å². The van der Waals surface area contributed by atoms with E-state index in [4.69, 9.17) is 11.6 Å². The Morgan fingerprint density at radius 1 is 0.893 bits per heavy atom. The molecule has 0 saturated carbocycles. The van der Waals surface area contributed by atoms with E-state index in [1.54, 1.807) is 36.4 Å². The van der Waals surface area contributed by atoms with Gasteiger partial charge in [-0.25, -0.2) is 8.42 Å². The maximum Gasteiger partial charge on any atom is 0.261 e. The highest BCUT2D eigenvalue weighted by atomic mass is 35.5. The molecular formula is C21H19ClN2O3S. The standard InChI is InChI=1S/C21H19ClN2O3S/c22-17-9-6-10-18(15-17)28(26,27)24-20-12-5-4-11-19(20)21(25)23-14-13-16-7-2-1-3-8-16/h1-12,15,24H,13-14H2,(H,23,25). The molecule has 3 aromatic carbocycles. The Morgan fingerprint density at radius 3 is 2.36 bits per heavy atom. The van der Waals surface area contributed by atoms with Crippen LogP contribution in [0.3, 0.4) is 0 Å². The number of rotatable bonds is 7. The molecule has 0 aliphatic rings. The Hall–Kier alpha value is -2.83. The van der Waals surface area contributed by atoms with Crippen molar-refractivity contribution in [2.75, 3.05) is 11.3 Å². The van der Waals surface area contributed by atoms with Crippen LogP contribution in [0.4, 0.5) is 5.69 Å². The van der Waals surface area contributed by atoms with Gasteiger partial charge in [0.05, 0.1) is 16.1 Å². The molecule has 0 aliphatic carbocycles. The molecule has 3 aromatic rings. The van der Waals surface area contributed by atoms with Gasteiger partial charge in [0, 0.05) is 11.6 Å². The van der Waals surface area contributed by atoms with Crippen molar-refractivity contribution in [1.82, 2.24) is 5.32 Å². The minimum absolute atomic E-state index is 0.0271. The number of para-hydroxylation sites is 1. The Labute approximate surface area is 169 Å². The molecule has 2 N–H and O–H groups in total. The van der Waals surface area contributed by atoms with Gasteiger partial charge in [-0.3, -0.25) is 9.52 Å². The van der Waals surface area contributed by atoms with Crippen LogP contribution in [0, 0.1) is 0 Å². The highest BCUT2D eigenvalue weighted by Crippen LogP contribution is 2.22. The number of hydrogen-bond acceptors (Lipinski definition) is 3. The lowest BCUT2D eigenvalue weighted by Gasteiger charge is -2.13. The van der Waals surface area contributed by atoms with Crippen LogP contribution in [0.2, 0.25) is 5.02 Å². The zero-order chi connectivity index (χ0) is 20.0. The minimum Gasteiger partial charge on any atom is -0.352 e. The molecule has 0 spiro atoms. The Balaban J connectivity index is 1.72. The normalized spacial score (nSPS) is 11.0. The maximum atomic E-state index is 12.6. The molecule has 0 fully saturated rings. The van der Waals surface area contributed by atoms with E-state index in [0.717, 1.165) is 5.56 Å². The van der Waals surface area contributed by atoms with Gasteiger partial charge in [0.2, 0.25) is 0 Å². The van der Waals surface area contributed by atoms with Crippen LogP contribution in [0.25, 0.3) is 0 Å². The molecule has 0 radical (unpaired) electrons. The highest BCUT2D eigenvalue weighted by Gasteiger charge is 2.18. The van der Waals surface area contributed by atoms with Crippen molar-refractivity contribution >= 4 is 33.2 Å². The van der Waals surface area contributed by atoms with E-state index in [1.807, 2.05) is 30.3 Å². The average molecular weight is 415 g/mol. The number of hydrogen-bond donors (Lipinski definition) is 2. The lowest BCUT2D eigenvalue weighted by atomic mass is 10.1. The van der Waals surface area contributed by atoms with Crippen LogP contribution in [0.1, 0.15) is 15.9 Å². The van der Waals surface area contributed by atoms with Crippen molar-refractivity contribution in [3.05, 3.63) is 95.0 Å². The summed E-state index contributed by atoms with van der Waals surface area (Å²) in [7, 11) is -3.87. The van der Waals surface area contributed by atoms with Crippen molar-refractivity contribution < 1.29 is 13.2 Å². The first-order valence-corrected chi connectivity index (χ1v) is 10.5. The third-order valence-electron chi connectivity index (χ3n) is 4.06. The molecule has 0 aromatic heterocycles. The zero-order valence-electron chi connectivity index (χ0n) is 14.9. The van der Waals surface area contributed by atoms with E-state index in [2.05, 4.69) is 10.0 Å². The molecule has 5 nitrogen and oxygen atoms in total. The predicted octanol–water partition coefficient (Wildman–Crippen LogP) is 4.11. The van der Waals surface area contributed by atoms with Crippen LogP contribution in [0.15, 0.2) is 83.8 Å². The Morgan fingerprint density at radius 2 is 1.61 bits per heavy atom. The van der Waals surface area contributed by atoms with Gasteiger partial charge in [-0.05, 0) is 42.3 Å². The summed E-state index contributed by atoms with van der Waals surface area (Å²) in [4.78, 5) is 12.6. The van der Waals surface area contributed by atoms with E-state index in [0.29, 0.717) is 18.0 Å². The summed E-state index contributed by atoms with van der Waals surface area (Å²) in [6.45, 7) is 0.443. The fourth-order valence-electron chi connectivity index (χ4n) is 2.67. The summed E-state index contributed by atoms with van der Waals surface area (Å²) in [5.41, 5.74) is 1.57. The van der Waals surface area contributed by atoms with Gasteiger partial charge in [-0.2, -0.15) is 0 Å². The topological polar surface area (TPSA) is 75.3 Å². The molecule has 144 valence electrons. The van der Waals surface area contributed by atoms with E-state index >= 15 is 0 Å². The van der Waals surface area contributed by atoms with Crippen molar-refractivity contribution in [3.8, 4) is 0 Å². The summed E-state index contributed by atoms with van der Waals surface area (Å²) < 4.78 is 27.7. The molecule has 0 aliphatic heterocycles. The molecule has 0 saturated heterocycles. The van der Waals surface area contributed by atoms with Crippen molar-refractivity contribution in [2.24, 2.45) is 0 Å². The third-order valence-corrected chi connectivity index (χ3v) is 5.66. The van der Waals surface area contributed by atoms with Gasteiger partial charge in [0.25, 0.3) is 15.9 Å². The minimum atomic E-state index is -3.87. The molecule has 1 amide bonds. The zero-order valence-corrected chi connectivity index (χ0v) is 16.5. The number of carbonyl (C=O) groups is 1. The SMILES string of the molecule is O=C(NCCc1ccccc1)c1ccccc1NS(=O)(=O)c1cccc(Cl)c1. The van der Waals surface area contributed by atoms with Crippen LogP contribution < -0.4 is 10.0 Å². The fourth-order valence-corrected chi connectivity index (χ4v) is 4.05. The monoisotopic (exact) mass is 414 g/mol. The lowest BCUT2D eigenvalue weighted by molar-refractivity contribution is 0.0955. The molecule has 0 atom stereocenters. The number of sulfonamides is 1. The van der Waals surface area contributed by atoms with Gasteiger partial charge in [0.15, 0.2) is 0 Å². The second-order valence-corrected chi connectivity index (χ2v) is 8.22. The summed E-state index contributed by atoms with van der Waals surface area (Å²) in [6, 6.07) is 22.2. The Kier molecular flexibility index (Phi) is 6.34. The number of benzene rings is 3. The molecule has 0 bridgehead atoms. The van der Waals surface area contributed by atoms with Crippen LogP contribution in [-0.2, 0) is 16.4 Å². The second kappa shape index (κ2) is 8.91. The van der Waals surface area contributed by atoms with E-state index in [1.165, 1.54) is 12.1 Å². The van der Waals surface area contributed by atoms with Gasteiger partial charge >= 0.3 is 0 Å². The molecule has 3 rings (SSSR count). The number of anilines is 1. The van der Waals surface area contributed by atoms with Crippen molar-refractivity contribution in [3.63, 3.8) is 0 Å². The van der Waals surface area contributed by atoms with Gasteiger partial charge in [0.1, 0.15) is 0 Å². The van der Waals surface area contributed by atoms with Crippen LogP contribution in [-0.4, -0.2) is 20.9 Å². The molecule has 7 heteroatoms. The third kappa shape index (κ3) is 5.12. The smallest absolute Gasteiger partial charge is 0.261 e. The van der Waals surface area contributed by atoms with E-state index < -0.39 is 10.0 Å². The first-order chi connectivity index (χ1) is 13.5. The van der Waals surface area contributed by atoms with Gasteiger partial charge < -0.3 is 5.32 Å². The van der Waals surface area contributed by atoms with Crippen molar-refractivity contribution in [1.29, 1.82) is 0 Å². The fraction of sp³-hybridized carbons (Fsp3) is 0.0952. The van der Waals surface area contributed by atoms with E-state index in [-0.39, 0.29) is 22.1 Å². The van der Waals surface area contributed by atoms with E-state index in [9.17, 15) is 13.2 Å². The first-order valence-electron chi connectivity index (χ1n) is 8.65. The molecule has 28 heavy (non-hydrogen) atoms. The molecule has 0 heterocycles. The summed E-state index contributed by atoms with van der Waals surface area (Å²) in [5, 5.41) is 3.14. The summed E-state index contributed by atoms with van der Waals surface area (Å²) >= 11 is 5.89. The lowest BCUT2D eigenvalue weighted by Crippen LogP contribution is -2.27. The number of carbonyl (C=O) groups excluding carboxylic acids is 1. The number of amides is 1. The second-order valence-electron chi connectivity index (χ2n) is 6.10. The Bertz CT molecular complexity index is 1070. The highest BCUT2D eigenvalue weighted by molar-refractivity contribution is 7.92. The largest absolute Gasteiger partial charge is 0.352 e. The summed E-state index contributed by atoms with van der Waals surface area (Å²) in [5.74, 6) is -0.347. The maximum absolute atomic E-state index is 12.6. The van der Waals surface area contributed by atoms with Gasteiger partial charge in [-0.15, -0.1) is 0 Å². The molecular weight excluding hydrogens is 396 g/mol. The first kappa shape index (κ1) is 19.9. The quantitative estimate of drug-likeness (QED) is 0.610. The molecule has 0 unspecified atom stereocenters.